The summed E-state index contributed by atoms with van der Waals surface area (Å²) in [6.07, 6.45) is 2.58. The van der Waals surface area contributed by atoms with Crippen LogP contribution in [0.15, 0.2) is 16.6 Å². The molecule has 19 heavy (non-hydrogen) atoms. The second-order valence-electron chi connectivity index (χ2n) is 4.55. The summed E-state index contributed by atoms with van der Waals surface area (Å²) in [7, 11) is 0. The Hall–Kier alpha value is -0.680. The van der Waals surface area contributed by atoms with E-state index in [0.717, 1.165) is 31.4 Å². The van der Waals surface area contributed by atoms with Crippen LogP contribution in [0.25, 0.3) is 0 Å². The first kappa shape index (κ1) is 14.7. The molecule has 1 unspecified atom stereocenters. The van der Waals surface area contributed by atoms with E-state index < -0.39 is 23.1 Å². The molecule has 1 saturated heterocycles. The van der Waals surface area contributed by atoms with Crippen LogP contribution in [-0.4, -0.2) is 29.3 Å². The van der Waals surface area contributed by atoms with E-state index in [2.05, 4.69) is 15.9 Å². The number of carbonyl (C=O) groups excluding carboxylic acids is 1. The van der Waals surface area contributed by atoms with E-state index in [1.165, 1.54) is 4.90 Å². The first-order valence-electron chi connectivity index (χ1n) is 6.06. The molecule has 1 atom stereocenters. The standard InChI is InChI=1S/C13H13BrClF2NO/c14-8-5-10(16)12(11(17)6-8)13(19)18-4-2-1-3-9(18)7-15/h5-6,9H,1-4,7H2. The summed E-state index contributed by atoms with van der Waals surface area (Å²) in [6.45, 7) is 0.491. The minimum Gasteiger partial charge on any atom is -0.334 e. The molecule has 0 saturated carbocycles. The Morgan fingerprint density at radius 3 is 2.58 bits per heavy atom. The SMILES string of the molecule is O=C(c1c(F)cc(Br)cc1F)N1CCCCC1CCl. The van der Waals surface area contributed by atoms with Gasteiger partial charge in [-0.3, -0.25) is 4.79 Å². The molecular weight excluding hydrogens is 340 g/mol. The van der Waals surface area contributed by atoms with Crippen LogP contribution in [0, 0.1) is 11.6 Å². The molecule has 1 aliphatic heterocycles. The predicted octanol–water partition coefficient (Wildman–Crippen LogP) is 3.96. The summed E-state index contributed by atoms with van der Waals surface area (Å²) in [5.74, 6) is -2.04. The molecule has 6 heteroatoms. The Balaban J connectivity index is 2.33. The number of amides is 1. The smallest absolute Gasteiger partial charge is 0.260 e. The maximum absolute atomic E-state index is 13.8. The van der Waals surface area contributed by atoms with Crippen LogP contribution in [0.1, 0.15) is 29.6 Å². The second-order valence-corrected chi connectivity index (χ2v) is 5.77. The van der Waals surface area contributed by atoms with Gasteiger partial charge < -0.3 is 4.90 Å². The highest BCUT2D eigenvalue weighted by Gasteiger charge is 2.30. The highest BCUT2D eigenvalue weighted by atomic mass is 79.9. The van der Waals surface area contributed by atoms with Crippen molar-refractivity contribution in [1.29, 1.82) is 0 Å². The Morgan fingerprint density at radius 2 is 2.00 bits per heavy atom. The number of rotatable bonds is 2. The zero-order valence-corrected chi connectivity index (χ0v) is 12.5. The van der Waals surface area contributed by atoms with Crippen molar-refractivity contribution in [3.05, 3.63) is 33.8 Å². The molecule has 0 spiro atoms. The van der Waals surface area contributed by atoms with Crippen molar-refractivity contribution < 1.29 is 13.6 Å². The van der Waals surface area contributed by atoms with E-state index in [4.69, 9.17) is 11.6 Å². The van der Waals surface area contributed by atoms with Gasteiger partial charge in [0, 0.05) is 22.9 Å². The molecule has 0 N–H and O–H groups in total. The molecule has 2 nitrogen and oxygen atoms in total. The zero-order valence-electron chi connectivity index (χ0n) is 10.1. The van der Waals surface area contributed by atoms with Crippen molar-refractivity contribution >= 4 is 33.4 Å². The molecule has 1 aromatic rings. The monoisotopic (exact) mass is 351 g/mol. The van der Waals surface area contributed by atoms with Crippen LogP contribution < -0.4 is 0 Å². The number of benzene rings is 1. The van der Waals surface area contributed by atoms with Crippen LogP contribution in [0.4, 0.5) is 8.78 Å². The van der Waals surface area contributed by atoms with Gasteiger partial charge in [0.1, 0.15) is 17.2 Å². The summed E-state index contributed by atoms with van der Waals surface area (Å²) in [4.78, 5) is 13.8. The lowest BCUT2D eigenvalue weighted by Crippen LogP contribution is -2.45. The Bertz CT molecular complexity index is 475. The molecule has 104 valence electrons. The first-order chi connectivity index (χ1) is 9.04. The third-order valence-electron chi connectivity index (χ3n) is 3.29. The van der Waals surface area contributed by atoms with Crippen molar-refractivity contribution in [2.75, 3.05) is 12.4 Å². The van der Waals surface area contributed by atoms with Crippen molar-refractivity contribution in [3.63, 3.8) is 0 Å². The number of carbonyl (C=O) groups is 1. The van der Waals surface area contributed by atoms with Crippen molar-refractivity contribution in [2.45, 2.75) is 25.3 Å². The average Bonchev–Trinajstić information content (AvgIpc) is 2.37. The molecule has 1 heterocycles. The molecule has 0 bridgehead atoms. The largest absolute Gasteiger partial charge is 0.334 e. The van der Waals surface area contributed by atoms with E-state index >= 15 is 0 Å². The third-order valence-corrected chi connectivity index (χ3v) is 4.10. The highest BCUT2D eigenvalue weighted by Crippen LogP contribution is 2.25. The topological polar surface area (TPSA) is 20.3 Å². The van der Waals surface area contributed by atoms with E-state index in [-0.39, 0.29) is 16.4 Å². The number of likely N-dealkylation sites (tertiary alicyclic amines) is 1. The predicted molar refractivity (Wildman–Crippen MR) is 73.5 cm³/mol. The molecule has 1 fully saturated rings. The summed E-state index contributed by atoms with van der Waals surface area (Å²) in [5, 5.41) is 0. The van der Waals surface area contributed by atoms with Gasteiger partial charge in [-0.2, -0.15) is 0 Å². The fourth-order valence-corrected chi connectivity index (χ4v) is 3.04. The first-order valence-corrected chi connectivity index (χ1v) is 7.39. The van der Waals surface area contributed by atoms with Gasteiger partial charge in [0.25, 0.3) is 5.91 Å². The minimum atomic E-state index is -0.851. The van der Waals surface area contributed by atoms with Gasteiger partial charge in [0.05, 0.1) is 0 Å². The van der Waals surface area contributed by atoms with Crippen LogP contribution in [0.2, 0.25) is 0 Å². The van der Waals surface area contributed by atoms with Gasteiger partial charge >= 0.3 is 0 Å². The van der Waals surface area contributed by atoms with Gasteiger partial charge in [0.2, 0.25) is 0 Å². The fourth-order valence-electron chi connectivity index (χ4n) is 2.32. The van der Waals surface area contributed by atoms with Crippen LogP contribution >= 0.6 is 27.5 Å². The summed E-state index contributed by atoms with van der Waals surface area (Å²) < 4.78 is 27.9. The third kappa shape index (κ3) is 3.08. The van der Waals surface area contributed by atoms with Crippen molar-refractivity contribution in [1.82, 2.24) is 4.90 Å². The lowest BCUT2D eigenvalue weighted by Gasteiger charge is -2.34. The van der Waals surface area contributed by atoms with Crippen LogP contribution in [0.3, 0.4) is 0 Å². The molecule has 1 amide bonds. The van der Waals surface area contributed by atoms with Crippen LogP contribution in [-0.2, 0) is 0 Å². The molecule has 1 aliphatic rings. The Morgan fingerprint density at radius 1 is 1.37 bits per heavy atom. The lowest BCUT2D eigenvalue weighted by atomic mass is 10.0. The molecular formula is C13H13BrClF2NO. The minimum absolute atomic E-state index is 0.148. The lowest BCUT2D eigenvalue weighted by molar-refractivity contribution is 0.0629. The van der Waals surface area contributed by atoms with E-state index in [0.29, 0.717) is 6.54 Å². The zero-order chi connectivity index (χ0) is 14.0. The van der Waals surface area contributed by atoms with E-state index in [1.54, 1.807) is 0 Å². The number of nitrogens with zero attached hydrogens (tertiary/aromatic N) is 1. The van der Waals surface area contributed by atoms with Crippen molar-refractivity contribution in [3.8, 4) is 0 Å². The molecule has 0 radical (unpaired) electrons. The molecule has 1 aromatic carbocycles. The van der Waals surface area contributed by atoms with Crippen molar-refractivity contribution in [2.24, 2.45) is 0 Å². The van der Waals surface area contributed by atoms with Crippen LogP contribution in [0.5, 0.6) is 0 Å². The van der Waals surface area contributed by atoms with Gasteiger partial charge in [0.15, 0.2) is 0 Å². The number of alkyl halides is 1. The number of halogens is 4. The van der Waals surface area contributed by atoms with Gasteiger partial charge in [-0.1, -0.05) is 15.9 Å². The maximum Gasteiger partial charge on any atom is 0.260 e. The Kier molecular flexibility index (Phi) is 4.79. The summed E-state index contributed by atoms with van der Waals surface area (Å²) in [6, 6.07) is 2.04. The number of hydrogen-bond acceptors (Lipinski definition) is 1. The van der Waals surface area contributed by atoms with Gasteiger partial charge in [-0.05, 0) is 31.4 Å². The van der Waals surface area contributed by atoms with Gasteiger partial charge in [-0.15, -0.1) is 11.6 Å². The van der Waals surface area contributed by atoms with E-state index in [9.17, 15) is 13.6 Å². The van der Waals surface area contributed by atoms with E-state index in [1.807, 2.05) is 0 Å². The Labute approximate surface area is 123 Å². The highest BCUT2D eigenvalue weighted by molar-refractivity contribution is 9.10. The normalized spacial score (nSPS) is 19.6. The summed E-state index contributed by atoms with van der Waals surface area (Å²) >= 11 is 8.81. The molecule has 2 rings (SSSR count). The number of piperidine rings is 1. The quantitative estimate of drug-likeness (QED) is 0.738. The fraction of sp³-hybridized carbons (Fsp3) is 0.462. The second kappa shape index (κ2) is 6.18. The maximum atomic E-state index is 13.8. The molecule has 0 aliphatic carbocycles. The summed E-state index contributed by atoms with van der Waals surface area (Å²) in [5.41, 5.74) is -0.500. The average molecular weight is 353 g/mol. The van der Waals surface area contributed by atoms with Gasteiger partial charge in [-0.25, -0.2) is 8.78 Å². The molecule has 0 aromatic heterocycles. The number of hydrogen-bond donors (Lipinski definition) is 0.